The Labute approximate surface area is 180 Å². The number of amides is 1. The van der Waals surface area contributed by atoms with Crippen molar-refractivity contribution in [3.05, 3.63) is 88.6 Å². The number of aryl methyl sites for hydroxylation is 1. The normalized spacial score (nSPS) is 11.6. The number of nitrogens with zero attached hydrogens (tertiary/aromatic N) is 2. The van der Waals surface area contributed by atoms with E-state index in [9.17, 15) is 14.0 Å². The van der Waals surface area contributed by atoms with Crippen LogP contribution in [0.2, 0.25) is 0 Å². The van der Waals surface area contributed by atoms with Crippen molar-refractivity contribution in [3.8, 4) is 5.88 Å². The lowest BCUT2D eigenvalue weighted by atomic mass is 10.1. The van der Waals surface area contributed by atoms with Gasteiger partial charge in [-0.25, -0.2) is 9.37 Å². The van der Waals surface area contributed by atoms with Crippen molar-refractivity contribution in [2.24, 2.45) is 0 Å². The first-order valence-electron chi connectivity index (χ1n) is 9.91. The summed E-state index contributed by atoms with van der Waals surface area (Å²) in [5.74, 6) is -0.121. The first kappa shape index (κ1) is 22.1. The van der Waals surface area contributed by atoms with Crippen molar-refractivity contribution >= 4 is 11.7 Å². The van der Waals surface area contributed by atoms with Gasteiger partial charge in [0, 0.05) is 30.1 Å². The molecule has 0 aliphatic carbocycles. The number of halogens is 1. The van der Waals surface area contributed by atoms with Crippen molar-refractivity contribution < 1.29 is 18.7 Å². The molecule has 7 heteroatoms. The van der Waals surface area contributed by atoms with E-state index in [1.54, 1.807) is 24.4 Å². The lowest BCUT2D eigenvalue weighted by Crippen LogP contribution is -2.27. The third-order valence-corrected chi connectivity index (χ3v) is 4.70. The summed E-state index contributed by atoms with van der Waals surface area (Å²) in [4.78, 5) is 32.4. The molecule has 1 unspecified atom stereocenters. The highest BCUT2D eigenvalue weighted by Crippen LogP contribution is 2.19. The summed E-state index contributed by atoms with van der Waals surface area (Å²) in [6.45, 7) is 5.44. The molecule has 0 saturated heterocycles. The molecule has 0 aliphatic heterocycles. The van der Waals surface area contributed by atoms with E-state index in [2.05, 4.69) is 15.3 Å². The van der Waals surface area contributed by atoms with E-state index in [-0.39, 0.29) is 36.6 Å². The third kappa shape index (κ3) is 6.18. The fraction of sp³-hybridized carbons (Fsp3) is 0.250. The summed E-state index contributed by atoms with van der Waals surface area (Å²) in [7, 11) is 0. The van der Waals surface area contributed by atoms with Crippen LogP contribution in [-0.4, -0.2) is 21.7 Å². The van der Waals surface area contributed by atoms with Crippen LogP contribution < -0.4 is 10.1 Å². The topological polar surface area (TPSA) is 81.2 Å². The van der Waals surface area contributed by atoms with Crippen LogP contribution in [0.1, 0.15) is 52.6 Å². The smallest absolute Gasteiger partial charge is 0.253 e. The van der Waals surface area contributed by atoms with Crippen LogP contribution in [0.5, 0.6) is 5.88 Å². The number of hydrogen-bond donors (Lipinski definition) is 1. The highest BCUT2D eigenvalue weighted by Gasteiger charge is 2.14. The zero-order valence-electron chi connectivity index (χ0n) is 17.7. The molecular formula is C24H24FN3O3. The number of ketones is 1. The summed E-state index contributed by atoms with van der Waals surface area (Å²) in [5.41, 5.74) is 3.49. The van der Waals surface area contributed by atoms with E-state index in [0.29, 0.717) is 17.1 Å². The standard InChI is InChI=1S/C24H24FN3O3/c1-15-10-20(13-27-24(15)31-14-18-4-6-21(25)7-5-18)23(30)28-17(3)19-8-9-26-22(12-19)11-16(2)29/h4-10,12-13,17H,11,14H2,1-3H3,(H,28,30). The molecule has 1 aromatic carbocycles. The molecule has 3 rings (SSSR count). The average Bonchev–Trinajstić information content (AvgIpc) is 2.73. The third-order valence-electron chi connectivity index (χ3n) is 4.70. The minimum absolute atomic E-state index is 0.0321. The number of hydrogen-bond acceptors (Lipinski definition) is 5. The van der Waals surface area contributed by atoms with Crippen molar-refractivity contribution in [2.75, 3.05) is 0 Å². The van der Waals surface area contributed by atoms with Gasteiger partial charge in [-0.3, -0.25) is 14.6 Å². The Morgan fingerprint density at radius 1 is 1.13 bits per heavy atom. The van der Waals surface area contributed by atoms with Crippen LogP contribution in [0, 0.1) is 12.7 Å². The van der Waals surface area contributed by atoms with Gasteiger partial charge in [-0.15, -0.1) is 0 Å². The molecular weight excluding hydrogens is 397 g/mol. The molecule has 1 amide bonds. The maximum atomic E-state index is 13.0. The number of nitrogens with one attached hydrogen (secondary N) is 1. The van der Waals surface area contributed by atoms with Gasteiger partial charge in [0.15, 0.2) is 0 Å². The predicted octanol–water partition coefficient (Wildman–Crippen LogP) is 4.13. The molecule has 6 nitrogen and oxygen atoms in total. The minimum Gasteiger partial charge on any atom is -0.473 e. The van der Waals surface area contributed by atoms with Gasteiger partial charge < -0.3 is 10.1 Å². The Hall–Kier alpha value is -3.61. The Balaban J connectivity index is 1.63. The summed E-state index contributed by atoms with van der Waals surface area (Å²) >= 11 is 0. The second kappa shape index (κ2) is 9.93. The molecule has 31 heavy (non-hydrogen) atoms. The Morgan fingerprint density at radius 3 is 2.55 bits per heavy atom. The zero-order chi connectivity index (χ0) is 22.4. The average molecular weight is 421 g/mol. The molecule has 160 valence electrons. The molecule has 1 N–H and O–H groups in total. The van der Waals surface area contributed by atoms with Crippen LogP contribution in [-0.2, 0) is 17.8 Å². The maximum absolute atomic E-state index is 13.0. The summed E-state index contributed by atoms with van der Waals surface area (Å²) in [5, 5.41) is 2.93. The summed E-state index contributed by atoms with van der Waals surface area (Å²) in [6, 6.07) is 11.1. The van der Waals surface area contributed by atoms with Crippen LogP contribution >= 0.6 is 0 Å². The largest absolute Gasteiger partial charge is 0.473 e. The van der Waals surface area contributed by atoms with Crippen molar-refractivity contribution in [1.82, 2.24) is 15.3 Å². The van der Waals surface area contributed by atoms with E-state index < -0.39 is 0 Å². The lowest BCUT2D eigenvalue weighted by molar-refractivity contribution is -0.116. The lowest BCUT2D eigenvalue weighted by Gasteiger charge is -2.16. The molecule has 2 aromatic heterocycles. The first-order chi connectivity index (χ1) is 14.8. The summed E-state index contributed by atoms with van der Waals surface area (Å²) in [6.07, 6.45) is 3.36. The molecule has 3 aromatic rings. The number of benzene rings is 1. The Bertz CT molecular complexity index is 1080. The molecule has 0 saturated carbocycles. The number of rotatable bonds is 8. The second-order valence-corrected chi connectivity index (χ2v) is 7.42. The maximum Gasteiger partial charge on any atom is 0.253 e. The van der Waals surface area contributed by atoms with Gasteiger partial charge in [0.25, 0.3) is 5.91 Å². The molecule has 0 bridgehead atoms. The SMILES string of the molecule is CC(=O)Cc1cc(C(C)NC(=O)c2cnc(OCc3ccc(F)cc3)c(C)c2)ccn1. The molecule has 0 radical (unpaired) electrons. The van der Waals surface area contributed by atoms with Crippen LogP contribution in [0.25, 0.3) is 0 Å². The minimum atomic E-state index is -0.301. The Morgan fingerprint density at radius 2 is 1.87 bits per heavy atom. The molecule has 0 spiro atoms. The molecule has 0 fully saturated rings. The monoisotopic (exact) mass is 421 g/mol. The van der Waals surface area contributed by atoms with Crippen molar-refractivity contribution in [2.45, 2.75) is 39.8 Å². The molecule has 1 atom stereocenters. The van der Waals surface area contributed by atoms with Gasteiger partial charge in [-0.2, -0.15) is 0 Å². The van der Waals surface area contributed by atoms with Crippen LogP contribution in [0.3, 0.4) is 0 Å². The second-order valence-electron chi connectivity index (χ2n) is 7.42. The van der Waals surface area contributed by atoms with Gasteiger partial charge in [-0.05, 0) is 62.2 Å². The molecule has 0 aliphatic rings. The first-order valence-corrected chi connectivity index (χ1v) is 9.91. The van der Waals surface area contributed by atoms with Crippen molar-refractivity contribution in [1.29, 1.82) is 0 Å². The zero-order valence-corrected chi connectivity index (χ0v) is 17.7. The van der Waals surface area contributed by atoms with E-state index in [4.69, 9.17) is 4.74 Å². The number of carbonyl (C=O) groups is 2. The number of aromatic nitrogens is 2. The summed E-state index contributed by atoms with van der Waals surface area (Å²) < 4.78 is 18.7. The van der Waals surface area contributed by atoms with E-state index in [1.165, 1.54) is 25.3 Å². The van der Waals surface area contributed by atoms with Crippen LogP contribution in [0.4, 0.5) is 4.39 Å². The predicted molar refractivity (Wildman–Crippen MR) is 114 cm³/mol. The number of carbonyl (C=O) groups excluding carboxylic acids is 2. The van der Waals surface area contributed by atoms with Gasteiger partial charge >= 0.3 is 0 Å². The van der Waals surface area contributed by atoms with Crippen molar-refractivity contribution in [3.63, 3.8) is 0 Å². The number of ether oxygens (including phenoxy) is 1. The quantitative estimate of drug-likeness (QED) is 0.592. The van der Waals surface area contributed by atoms with E-state index in [1.807, 2.05) is 26.0 Å². The fourth-order valence-corrected chi connectivity index (χ4v) is 3.05. The van der Waals surface area contributed by atoms with Gasteiger partial charge in [0.05, 0.1) is 11.6 Å². The fourth-order valence-electron chi connectivity index (χ4n) is 3.05. The number of Topliss-reactive ketones (excluding diaryl/α,β-unsaturated/α-hetero) is 1. The van der Waals surface area contributed by atoms with Gasteiger partial charge in [0.2, 0.25) is 5.88 Å². The highest BCUT2D eigenvalue weighted by atomic mass is 19.1. The highest BCUT2D eigenvalue weighted by molar-refractivity contribution is 5.94. The molecule has 2 heterocycles. The van der Waals surface area contributed by atoms with E-state index >= 15 is 0 Å². The van der Waals surface area contributed by atoms with E-state index in [0.717, 1.165) is 16.7 Å². The van der Waals surface area contributed by atoms with Gasteiger partial charge in [-0.1, -0.05) is 12.1 Å². The van der Waals surface area contributed by atoms with Gasteiger partial charge in [0.1, 0.15) is 18.2 Å². The number of pyridine rings is 2. The van der Waals surface area contributed by atoms with Crippen LogP contribution in [0.15, 0.2) is 54.9 Å². The Kier molecular flexibility index (Phi) is 7.07.